The van der Waals surface area contributed by atoms with Crippen LogP contribution in [0.15, 0.2) is 58.2 Å². The second-order valence-electron chi connectivity index (χ2n) is 7.09. The summed E-state index contributed by atoms with van der Waals surface area (Å²) in [5.74, 6) is -0.292. The van der Waals surface area contributed by atoms with E-state index < -0.39 is 12.0 Å². The molecule has 1 aliphatic rings. The van der Waals surface area contributed by atoms with Crippen LogP contribution in [0.4, 0.5) is 4.79 Å². The van der Waals surface area contributed by atoms with Crippen LogP contribution in [0.2, 0.25) is 0 Å². The van der Waals surface area contributed by atoms with Crippen molar-refractivity contribution in [2.24, 2.45) is 0 Å². The number of esters is 1. The number of amides is 2. The molecular formula is C23H25BrN2O5. The standard InChI is InChI=1S/C23H25BrN2O5/c1-4-30-18-13-16(12-17(24)21(18)27)20-19(14(2)26(3)23(29)25-20)22(28)31-11-10-15-8-6-5-7-9-15/h5-9,12-13,20,27H,4,10-11H2,1-3H3,(H,25,29)/t20-/m0/s1. The van der Waals surface area contributed by atoms with Crippen molar-refractivity contribution in [3.05, 3.63) is 69.3 Å². The number of hydrogen-bond acceptors (Lipinski definition) is 5. The summed E-state index contributed by atoms with van der Waals surface area (Å²) in [5.41, 5.74) is 2.48. The maximum absolute atomic E-state index is 13.0. The quantitative estimate of drug-likeness (QED) is 0.566. The molecule has 164 valence electrons. The first-order valence-corrected chi connectivity index (χ1v) is 10.7. The average molecular weight is 489 g/mol. The molecule has 0 aromatic heterocycles. The average Bonchev–Trinajstić information content (AvgIpc) is 2.75. The Kier molecular flexibility index (Phi) is 7.22. The monoisotopic (exact) mass is 488 g/mol. The van der Waals surface area contributed by atoms with Gasteiger partial charge in [-0.1, -0.05) is 30.3 Å². The Morgan fingerprint density at radius 3 is 2.65 bits per heavy atom. The molecular weight excluding hydrogens is 464 g/mol. The summed E-state index contributed by atoms with van der Waals surface area (Å²) in [6.07, 6.45) is 0.588. The normalized spacial score (nSPS) is 16.2. The molecule has 0 fully saturated rings. The largest absolute Gasteiger partial charge is 0.503 e. The third-order valence-electron chi connectivity index (χ3n) is 5.12. The lowest BCUT2D eigenvalue weighted by atomic mass is 9.94. The summed E-state index contributed by atoms with van der Waals surface area (Å²) in [5, 5.41) is 13.1. The third-order valence-corrected chi connectivity index (χ3v) is 5.73. The lowest BCUT2D eigenvalue weighted by Crippen LogP contribution is -2.46. The molecule has 2 aromatic carbocycles. The number of carbonyl (C=O) groups excluding carboxylic acids is 2. The van der Waals surface area contributed by atoms with Crippen molar-refractivity contribution in [1.29, 1.82) is 0 Å². The molecule has 8 heteroatoms. The Bertz CT molecular complexity index is 1010. The number of hydrogen-bond donors (Lipinski definition) is 2. The molecule has 1 atom stereocenters. The number of halogens is 1. The summed E-state index contributed by atoms with van der Waals surface area (Å²) in [7, 11) is 1.59. The molecule has 3 rings (SSSR count). The van der Waals surface area contributed by atoms with E-state index in [1.807, 2.05) is 30.3 Å². The van der Waals surface area contributed by atoms with Gasteiger partial charge in [0.15, 0.2) is 11.5 Å². The number of benzene rings is 2. The van der Waals surface area contributed by atoms with Crippen LogP contribution in [0.25, 0.3) is 0 Å². The fraction of sp³-hybridized carbons (Fsp3) is 0.304. The van der Waals surface area contributed by atoms with E-state index in [1.165, 1.54) is 4.90 Å². The Labute approximate surface area is 189 Å². The molecule has 0 saturated heterocycles. The predicted molar refractivity (Wildman–Crippen MR) is 120 cm³/mol. The van der Waals surface area contributed by atoms with E-state index in [2.05, 4.69) is 21.2 Å². The van der Waals surface area contributed by atoms with Crippen LogP contribution in [0.1, 0.15) is 31.0 Å². The van der Waals surface area contributed by atoms with E-state index in [-0.39, 0.29) is 24.1 Å². The molecule has 31 heavy (non-hydrogen) atoms. The zero-order valence-corrected chi connectivity index (χ0v) is 19.2. The summed E-state index contributed by atoms with van der Waals surface area (Å²) in [6, 6.07) is 11.9. The zero-order chi connectivity index (χ0) is 22.5. The number of ether oxygens (including phenoxy) is 2. The van der Waals surface area contributed by atoms with Gasteiger partial charge in [-0.15, -0.1) is 0 Å². The summed E-state index contributed by atoms with van der Waals surface area (Å²) < 4.78 is 11.5. The van der Waals surface area contributed by atoms with Crippen molar-refractivity contribution in [3.8, 4) is 11.5 Å². The Balaban J connectivity index is 1.89. The molecule has 2 aromatic rings. The molecule has 0 radical (unpaired) electrons. The molecule has 1 heterocycles. The first kappa shape index (κ1) is 22.7. The molecule has 0 aliphatic carbocycles. The number of carbonyl (C=O) groups is 2. The Morgan fingerprint density at radius 2 is 1.97 bits per heavy atom. The maximum atomic E-state index is 13.0. The SMILES string of the molecule is CCOc1cc([C@@H]2NC(=O)N(C)C(C)=C2C(=O)OCCc2ccccc2)cc(Br)c1O. The van der Waals surface area contributed by atoms with Crippen molar-refractivity contribution >= 4 is 27.9 Å². The third kappa shape index (κ3) is 5.02. The fourth-order valence-corrected chi connectivity index (χ4v) is 3.82. The number of allylic oxidation sites excluding steroid dienone is 1. The van der Waals surface area contributed by atoms with Crippen LogP contribution < -0.4 is 10.1 Å². The minimum atomic E-state index is -0.746. The van der Waals surface area contributed by atoms with Crippen LogP contribution in [-0.2, 0) is 16.0 Å². The molecule has 2 N–H and O–H groups in total. The number of nitrogens with zero attached hydrogens (tertiary/aromatic N) is 1. The van der Waals surface area contributed by atoms with Crippen LogP contribution in [0.3, 0.4) is 0 Å². The summed E-state index contributed by atoms with van der Waals surface area (Å²) in [4.78, 5) is 26.9. The number of urea groups is 1. The van der Waals surface area contributed by atoms with Crippen molar-refractivity contribution < 1.29 is 24.2 Å². The first-order valence-electron chi connectivity index (χ1n) is 9.94. The van der Waals surface area contributed by atoms with Crippen LogP contribution >= 0.6 is 15.9 Å². The van der Waals surface area contributed by atoms with Gasteiger partial charge in [-0.05, 0) is 53.0 Å². The predicted octanol–water partition coefficient (Wildman–Crippen LogP) is 4.31. The fourth-order valence-electron chi connectivity index (χ4n) is 3.36. The molecule has 0 spiro atoms. The number of phenols is 1. The van der Waals surface area contributed by atoms with E-state index in [0.717, 1.165) is 5.56 Å². The molecule has 7 nitrogen and oxygen atoms in total. The van der Waals surface area contributed by atoms with Gasteiger partial charge in [-0.2, -0.15) is 0 Å². The number of phenolic OH excluding ortho intramolecular Hbond substituents is 1. The first-order chi connectivity index (χ1) is 14.8. The van der Waals surface area contributed by atoms with Gasteiger partial charge in [0.2, 0.25) is 0 Å². The highest BCUT2D eigenvalue weighted by Gasteiger charge is 2.35. The molecule has 0 bridgehead atoms. The van der Waals surface area contributed by atoms with E-state index in [1.54, 1.807) is 33.0 Å². The van der Waals surface area contributed by atoms with Crippen molar-refractivity contribution in [2.45, 2.75) is 26.3 Å². The van der Waals surface area contributed by atoms with Crippen LogP contribution in [0.5, 0.6) is 11.5 Å². The van der Waals surface area contributed by atoms with Crippen molar-refractivity contribution in [1.82, 2.24) is 10.2 Å². The van der Waals surface area contributed by atoms with Gasteiger partial charge in [-0.25, -0.2) is 9.59 Å². The van der Waals surface area contributed by atoms with Crippen LogP contribution in [0, 0.1) is 0 Å². The number of nitrogens with one attached hydrogen (secondary N) is 1. The van der Waals surface area contributed by atoms with E-state index in [4.69, 9.17) is 9.47 Å². The lowest BCUT2D eigenvalue weighted by molar-refractivity contribution is -0.139. The van der Waals surface area contributed by atoms with Gasteiger partial charge < -0.3 is 24.8 Å². The van der Waals surface area contributed by atoms with Crippen molar-refractivity contribution in [2.75, 3.05) is 20.3 Å². The van der Waals surface area contributed by atoms with Gasteiger partial charge in [-0.3, -0.25) is 0 Å². The minimum Gasteiger partial charge on any atom is -0.503 e. The van der Waals surface area contributed by atoms with Gasteiger partial charge in [0, 0.05) is 19.2 Å². The summed E-state index contributed by atoms with van der Waals surface area (Å²) in [6.45, 7) is 4.08. The highest BCUT2D eigenvalue weighted by atomic mass is 79.9. The highest BCUT2D eigenvalue weighted by molar-refractivity contribution is 9.10. The molecule has 0 saturated carbocycles. The molecule has 1 aliphatic heterocycles. The zero-order valence-electron chi connectivity index (χ0n) is 17.6. The van der Waals surface area contributed by atoms with E-state index in [9.17, 15) is 14.7 Å². The van der Waals surface area contributed by atoms with Gasteiger partial charge >= 0.3 is 12.0 Å². The van der Waals surface area contributed by atoms with Crippen molar-refractivity contribution in [3.63, 3.8) is 0 Å². The molecule has 0 unspecified atom stereocenters. The van der Waals surface area contributed by atoms with E-state index >= 15 is 0 Å². The topological polar surface area (TPSA) is 88.1 Å². The highest BCUT2D eigenvalue weighted by Crippen LogP contribution is 2.40. The van der Waals surface area contributed by atoms with E-state index in [0.29, 0.717) is 34.3 Å². The second kappa shape index (κ2) is 9.87. The Morgan fingerprint density at radius 1 is 1.26 bits per heavy atom. The second-order valence-corrected chi connectivity index (χ2v) is 7.95. The van der Waals surface area contributed by atoms with Crippen LogP contribution in [-0.4, -0.2) is 42.3 Å². The molecule has 2 amide bonds. The van der Waals surface area contributed by atoms with Gasteiger partial charge in [0.05, 0.1) is 29.3 Å². The van der Waals surface area contributed by atoms with Gasteiger partial charge in [0.25, 0.3) is 0 Å². The van der Waals surface area contributed by atoms with Gasteiger partial charge in [0.1, 0.15) is 0 Å². The number of aromatic hydroxyl groups is 1. The Hall–Kier alpha value is -3.00. The minimum absolute atomic E-state index is 0.0439. The lowest BCUT2D eigenvalue weighted by Gasteiger charge is -2.33. The summed E-state index contributed by atoms with van der Waals surface area (Å²) >= 11 is 3.32. The maximum Gasteiger partial charge on any atom is 0.338 e. The number of rotatable bonds is 7. The smallest absolute Gasteiger partial charge is 0.338 e.